The van der Waals surface area contributed by atoms with Crippen molar-refractivity contribution in [3.8, 4) is 11.3 Å². The van der Waals surface area contributed by atoms with Crippen LogP contribution in [0.15, 0.2) is 47.9 Å². The van der Waals surface area contributed by atoms with E-state index in [-0.39, 0.29) is 28.5 Å². The predicted molar refractivity (Wildman–Crippen MR) is 116 cm³/mol. The summed E-state index contributed by atoms with van der Waals surface area (Å²) in [4.78, 5) is 14.2. The van der Waals surface area contributed by atoms with Crippen LogP contribution in [0.4, 0.5) is 10.2 Å². The quantitative estimate of drug-likeness (QED) is 0.581. The van der Waals surface area contributed by atoms with E-state index in [1.807, 2.05) is 32.0 Å². The predicted octanol–water partition coefficient (Wildman–Crippen LogP) is 2.65. The van der Waals surface area contributed by atoms with Gasteiger partial charge in [-0.2, -0.15) is 4.31 Å². The third kappa shape index (κ3) is 3.81. The molecule has 3 heterocycles. The number of hydrogen-bond acceptors (Lipinski definition) is 6. The number of sulfonamides is 1. The van der Waals surface area contributed by atoms with Crippen LogP contribution in [0.1, 0.15) is 25.6 Å². The third-order valence-corrected chi connectivity index (χ3v) is 7.33. The molecule has 2 aromatic heterocycles. The van der Waals surface area contributed by atoms with E-state index >= 15 is 4.39 Å². The van der Waals surface area contributed by atoms with Crippen LogP contribution in [0.2, 0.25) is 0 Å². The molecule has 0 amide bonds. The van der Waals surface area contributed by atoms with Crippen LogP contribution in [0.3, 0.4) is 0 Å². The lowest BCUT2D eigenvalue weighted by Crippen LogP contribution is -2.60. The molecule has 0 bridgehead atoms. The summed E-state index contributed by atoms with van der Waals surface area (Å²) in [5.41, 5.74) is 0.890. The van der Waals surface area contributed by atoms with Gasteiger partial charge in [0.25, 0.3) is 10.0 Å². The van der Waals surface area contributed by atoms with Crippen molar-refractivity contribution in [2.24, 2.45) is 7.05 Å². The third-order valence-electron chi connectivity index (χ3n) is 5.54. The summed E-state index contributed by atoms with van der Waals surface area (Å²) >= 11 is 0. The summed E-state index contributed by atoms with van der Waals surface area (Å²) in [6.07, 6.45) is 2.86. The molecule has 0 atom stereocenters. The van der Waals surface area contributed by atoms with Crippen LogP contribution in [-0.2, 0) is 17.1 Å². The molecule has 4 rings (SSSR count). The van der Waals surface area contributed by atoms with Gasteiger partial charge in [0.15, 0.2) is 16.7 Å². The monoisotopic (exact) mass is 444 g/mol. The Bertz CT molecular complexity index is 1190. The maximum atomic E-state index is 15.1. The van der Waals surface area contributed by atoms with E-state index < -0.39 is 15.8 Å². The van der Waals surface area contributed by atoms with Gasteiger partial charge >= 0.3 is 0 Å². The van der Waals surface area contributed by atoms with Crippen LogP contribution in [0.25, 0.3) is 11.3 Å². The average Bonchev–Trinajstić information content (AvgIpc) is 3.11. The summed E-state index contributed by atoms with van der Waals surface area (Å²) in [6, 6.07) is 8.76. The number of imidazole rings is 1. The molecule has 1 aliphatic heterocycles. The fourth-order valence-electron chi connectivity index (χ4n) is 3.69. The fraction of sp³-hybridized carbons (Fsp3) is 0.381. The molecule has 1 aliphatic rings. The highest BCUT2D eigenvalue weighted by molar-refractivity contribution is 7.89. The van der Waals surface area contributed by atoms with Gasteiger partial charge < -0.3 is 9.47 Å². The van der Waals surface area contributed by atoms with E-state index in [1.54, 1.807) is 28.6 Å². The molecule has 0 aliphatic carbocycles. The standard InChI is InChI=1S/C21H25FN6O2S/c1-14(2)20-25-17(12-26(20)3)31(29,30)27(4)16-10-28(11-16)21-18(22)19(23-13-24-21)15-8-6-5-7-9-15/h5-9,12-14,16H,10-11H2,1-4H3. The number of hydrogen-bond donors (Lipinski definition) is 0. The van der Waals surface area contributed by atoms with Gasteiger partial charge in [-0.25, -0.2) is 27.8 Å². The van der Waals surface area contributed by atoms with E-state index in [9.17, 15) is 8.42 Å². The zero-order valence-electron chi connectivity index (χ0n) is 17.9. The zero-order valence-corrected chi connectivity index (χ0v) is 18.7. The maximum Gasteiger partial charge on any atom is 0.262 e. The van der Waals surface area contributed by atoms with Crippen molar-refractivity contribution >= 4 is 15.8 Å². The SMILES string of the molecule is CC(C)c1nc(S(=O)(=O)N(C)C2CN(c3ncnc(-c4ccccc4)c3F)C2)cn1C. The highest BCUT2D eigenvalue weighted by Crippen LogP contribution is 2.31. The van der Waals surface area contributed by atoms with Crippen molar-refractivity contribution in [1.82, 2.24) is 23.8 Å². The van der Waals surface area contributed by atoms with E-state index in [0.29, 0.717) is 24.5 Å². The van der Waals surface area contributed by atoms with Gasteiger partial charge in [0, 0.05) is 44.9 Å². The number of halogens is 1. The highest BCUT2D eigenvalue weighted by atomic mass is 32.2. The van der Waals surface area contributed by atoms with Gasteiger partial charge in [-0.1, -0.05) is 44.2 Å². The van der Waals surface area contributed by atoms with Crippen LogP contribution >= 0.6 is 0 Å². The summed E-state index contributed by atoms with van der Waals surface area (Å²) in [6.45, 7) is 4.60. The maximum absolute atomic E-state index is 15.1. The van der Waals surface area contributed by atoms with Gasteiger partial charge in [0.05, 0.1) is 6.04 Å². The number of nitrogens with zero attached hydrogens (tertiary/aromatic N) is 6. The molecular formula is C21H25FN6O2S. The molecule has 1 aromatic carbocycles. The molecule has 8 nitrogen and oxygen atoms in total. The van der Waals surface area contributed by atoms with Crippen LogP contribution in [0, 0.1) is 5.82 Å². The number of aromatic nitrogens is 4. The Kier molecular flexibility index (Phi) is 5.52. The number of benzene rings is 1. The fourth-order valence-corrected chi connectivity index (χ4v) is 5.01. The second kappa shape index (κ2) is 8.01. The van der Waals surface area contributed by atoms with E-state index in [0.717, 1.165) is 0 Å². The highest BCUT2D eigenvalue weighted by Gasteiger charge is 2.39. The van der Waals surface area contributed by atoms with Gasteiger partial charge in [-0.05, 0) is 0 Å². The molecule has 10 heteroatoms. The molecule has 0 unspecified atom stereocenters. The number of likely N-dealkylation sites (N-methyl/N-ethyl adjacent to an activating group) is 1. The Morgan fingerprint density at radius 1 is 1.16 bits per heavy atom. The van der Waals surface area contributed by atoms with Crippen LogP contribution < -0.4 is 4.90 Å². The Morgan fingerprint density at radius 3 is 2.45 bits per heavy atom. The lowest BCUT2D eigenvalue weighted by molar-refractivity contribution is 0.306. The van der Waals surface area contributed by atoms with Gasteiger partial charge in [-0.3, -0.25) is 0 Å². The molecule has 1 fully saturated rings. The Hall–Kier alpha value is -2.85. The topological polar surface area (TPSA) is 84.2 Å². The first kappa shape index (κ1) is 21.4. The van der Waals surface area contributed by atoms with Crippen molar-refractivity contribution in [3.05, 3.63) is 54.5 Å². The molecular weight excluding hydrogens is 419 g/mol. The molecule has 0 saturated carbocycles. The second-order valence-corrected chi connectivity index (χ2v) is 9.95. The number of rotatable bonds is 6. The van der Waals surface area contributed by atoms with E-state index in [1.165, 1.54) is 23.9 Å². The summed E-state index contributed by atoms with van der Waals surface area (Å²) in [5.74, 6) is 0.483. The summed E-state index contributed by atoms with van der Waals surface area (Å²) in [5, 5.41) is 0.0271. The van der Waals surface area contributed by atoms with Crippen LogP contribution in [0.5, 0.6) is 0 Å². The summed E-state index contributed by atoms with van der Waals surface area (Å²) in [7, 11) is -0.432. The minimum absolute atomic E-state index is 0.0271. The molecule has 1 saturated heterocycles. The van der Waals surface area contributed by atoms with E-state index in [4.69, 9.17) is 0 Å². The number of anilines is 1. The Morgan fingerprint density at radius 2 is 1.84 bits per heavy atom. The summed E-state index contributed by atoms with van der Waals surface area (Å²) < 4.78 is 44.2. The van der Waals surface area contributed by atoms with Crippen molar-refractivity contribution in [2.45, 2.75) is 30.8 Å². The normalized spacial score (nSPS) is 15.0. The lowest BCUT2D eigenvalue weighted by atomic mass is 10.1. The minimum Gasteiger partial charge on any atom is -0.351 e. The Labute approximate surface area is 181 Å². The number of aryl methyl sites for hydroxylation is 1. The van der Waals surface area contributed by atoms with Gasteiger partial charge in [0.2, 0.25) is 0 Å². The van der Waals surface area contributed by atoms with Crippen molar-refractivity contribution in [2.75, 3.05) is 25.0 Å². The minimum atomic E-state index is -3.75. The van der Waals surface area contributed by atoms with E-state index in [2.05, 4.69) is 15.0 Å². The average molecular weight is 445 g/mol. The second-order valence-electron chi connectivity index (χ2n) is 8.01. The van der Waals surface area contributed by atoms with Crippen LogP contribution in [-0.4, -0.2) is 58.4 Å². The van der Waals surface area contributed by atoms with Crippen molar-refractivity contribution in [1.29, 1.82) is 0 Å². The molecule has 3 aromatic rings. The molecule has 0 spiro atoms. The molecule has 31 heavy (non-hydrogen) atoms. The largest absolute Gasteiger partial charge is 0.351 e. The zero-order chi connectivity index (χ0) is 22.3. The van der Waals surface area contributed by atoms with Crippen molar-refractivity contribution in [3.63, 3.8) is 0 Å². The van der Waals surface area contributed by atoms with Crippen molar-refractivity contribution < 1.29 is 12.8 Å². The smallest absolute Gasteiger partial charge is 0.262 e. The Balaban J connectivity index is 1.51. The molecule has 0 radical (unpaired) electrons. The lowest BCUT2D eigenvalue weighted by Gasteiger charge is -2.43. The van der Waals surface area contributed by atoms with Gasteiger partial charge in [0.1, 0.15) is 17.8 Å². The van der Waals surface area contributed by atoms with Gasteiger partial charge in [-0.15, -0.1) is 0 Å². The first-order valence-corrected chi connectivity index (χ1v) is 11.5. The molecule has 0 N–H and O–H groups in total. The first-order valence-electron chi connectivity index (χ1n) is 10.0. The molecule has 164 valence electrons. The first-order chi connectivity index (χ1) is 14.7.